The van der Waals surface area contributed by atoms with Crippen LogP contribution in [0.4, 0.5) is 0 Å². The SMILES string of the molecule is CCOP(=O)(O)C[C@@H](O)c1cccc(OCc2ccccc2)c1. The Morgan fingerprint density at radius 3 is 2.57 bits per heavy atom. The van der Waals surface area contributed by atoms with Gasteiger partial charge in [-0.2, -0.15) is 0 Å². The lowest BCUT2D eigenvalue weighted by Gasteiger charge is -2.16. The summed E-state index contributed by atoms with van der Waals surface area (Å²) in [6.07, 6.45) is -1.43. The second-order valence-corrected chi connectivity index (χ2v) is 7.00. The fraction of sp³-hybridized carbons (Fsp3) is 0.294. The molecular formula is C17H21O5P. The summed E-state index contributed by atoms with van der Waals surface area (Å²) in [5.74, 6) is 0.592. The molecule has 2 atom stereocenters. The second-order valence-electron chi connectivity index (χ2n) is 5.10. The summed E-state index contributed by atoms with van der Waals surface area (Å²) in [5, 5.41) is 10.1. The summed E-state index contributed by atoms with van der Waals surface area (Å²) < 4.78 is 22.2. The Bertz CT molecular complexity index is 659. The first-order valence-corrected chi connectivity index (χ1v) is 9.17. The van der Waals surface area contributed by atoms with Crippen molar-refractivity contribution in [2.45, 2.75) is 19.6 Å². The monoisotopic (exact) mass is 336 g/mol. The van der Waals surface area contributed by atoms with E-state index in [2.05, 4.69) is 0 Å². The van der Waals surface area contributed by atoms with E-state index in [0.717, 1.165) is 5.56 Å². The Hall–Kier alpha value is -1.65. The highest BCUT2D eigenvalue weighted by atomic mass is 31.2. The average Bonchev–Trinajstić information content (AvgIpc) is 2.53. The predicted octanol–water partition coefficient (Wildman–Crippen LogP) is 3.52. The third-order valence-electron chi connectivity index (χ3n) is 3.23. The molecule has 0 aliphatic heterocycles. The van der Waals surface area contributed by atoms with Crippen molar-refractivity contribution in [3.8, 4) is 5.75 Å². The van der Waals surface area contributed by atoms with Crippen molar-refractivity contribution in [1.29, 1.82) is 0 Å². The van der Waals surface area contributed by atoms with Gasteiger partial charge in [-0.25, -0.2) is 0 Å². The van der Waals surface area contributed by atoms with Gasteiger partial charge in [-0.1, -0.05) is 42.5 Å². The van der Waals surface area contributed by atoms with Crippen LogP contribution in [0.15, 0.2) is 54.6 Å². The molecule has 0 fully saturated rings. The lowest BCUT2D eigenvalue weighted by Crippen LogP contribution is -2.06. The van der Waals surface area contributed by atoms with E-state index in [1.165, 1.54) is 0 Å². The highest BCUT2D eigenvalue weighted by Crippen LogP contribution is 2.45. The molecule has 2 N–H and O–H groups in total. The third-order valence-corrected chi connectivity index (χ3v) is 4.69. The summed E-state index contributed by atoms with van der Waals surface area (Å²) in [5.41, 5.74) is 1.55. The van der Waals surface area contributed by atoms with Crippen LogP contribution in [0.3, 0.4) is 0 Å². The van der Waals surface area contributed by atoms with Crippen LogP contribution < -0.4 is 4.74 Å². The number of hydrogen-bond acceptors (Lipinski definition) is 4. The molecule has 0 amide bonds. The van der Waals surface area contributed by atoms with Gasteiger partial charge in [0.25, 0.3) is 0 Å². The maximum absolute atomic E-state index is 11.7. The van der Waals surface area contributed by atoms with Crippen molar-refractivity contribution in [2.75, 3.05) is 12.8 Å². The van der Waals surface area contributed by atoms with E-state index in [1.54, 1.807) is 31.2 Å². The molecule has 0 bridgehead atoms. The maximum atomic E-state index is 11.7. The minimum Gasteiger partial charge on any atom is -0.489 e. The van der Waals surface area contributed by atoms with Gasteiger partial charge < -0.3 is 19.3 Å². The van der Waals surface area contributed by atoms with Gasteiger partial charge >= 0.3 is 7.60 Å². The van der Waals surface area contributed by atoms with Gasteiger partial charge in [-0.15, -0.1) is 0 Å². The van der Waals surface area contributed by atoms with Crippen molar-refractivity contribution in [3.05, 3.63) is 65.7 Å². The Balaban J connectivity index is 2.00. The number of ether oxygens (including phenoxy) is 1. The molecule has 6 heteroatoms. The van der Waals surface area contributed by atoms with Gasteiger partial charge in [0, 0.05) is 0 Å². The van der Waals surface area contributed by atoms with Gasteiger partial charge in [-0.3, -0.25) is 4.57 Å². The van der Waals surface area contributed by atoms with Crippen molar-refractivity contribution < 1.29 is 23.8 Å². The fourth-order valence-corrected chi connectivity index (χ4v) is 3.29. The van der Waals surface area contributed by atoms with Crippen LogP contribution >= 0.6 is 7.60 Å². The largest absolute Gasteiger partial charge is 0.489 e. The summed E-state index contributed by atoms with van der Waals surface area (Å²) in [4.78, 5) is 9.61. The molecule has 0 radical (unpaired) electrons. The van der Waals surface area contributed by atoms with Gasteiger partial charge in [0.05, 0.1) is 18.9 Å². The van der Waals surface area contributed by atoms with E-state index >= 15 is 0 Å². The summed E-state index contributed by atoms with van der Waals surface area (Å²) in [6.45, 7) is 2.17. The van der Waals surface area contributed by atoms with Gasteiger partial charge in [0.2, 0.25) is 0 Å². The normalized spacial score (nSPS) is 14.9. The molecule has 0 aliphatic carbocycles. The van der Waals surface area contributed by atoms with E-state index in [4.69, 9.17) is 9.26 Å². The van der Waals surface area contributed by atoms with Crippen LogP contribution in [-0.4, -0.2) is 22.8 Å². The van der Waals surface area contributed by atoms with E-state index in [0.29, 0.717) is 17.9 Å². The van der Waals surface area contributed by atoms with Crippen LogP contribution in [0.2, 0.25) is 0 Å². The number of benzene rings is 2. The van der Waals surface area contributed by atoms with Gasteiger partial charge in [0.1, 0.15) is 12.4 Å². The smallest absolute Gasteiger partial charge is 0.331 e. The van der Waals surface area contributed by atoms with Crippen LogP contribution in [0, 0.1) is 0 Å². The van der Waals surface area contributed by atoms with Gasteiger partial charge in [-0.05, 0) is 30.2 Å². The van der Waals surface area contributed by atoms with Crippen molar-refractivity contribution in [3.63, 3.8) is 0 Å². The van der Waals surface area contributed by atoms with Crippen LogP contribution in [-0.2, 0) is 15.7 Å². The van der Waals surface area contributed by atoms with Gasteiger partial charge in [0.15, 0.2) is 0 Å². The Morgan fingerprint density at radius 2 is 1.87 bits per heavy atom. The molecule has 124 valence electrons. The fourth-order valence-electron chi connectivity index (χ4n) is 2.13. The van der Waals surface area contributed by atoms with Crippen molar-refractivity contribution in [2.24, 2.45) is 0 Å². The molecule has 5 nitrogen and oxygen atoms in total. The zero-order valence-electron chi connectivity index (χ0n) is 13.0. The van der Waals surface area contributed by atoms with Crippen LogP contribution in [0.1, 0.15) is 24.2 Å². The minimum atomic E-state index is -3.78. The van der Waals surface area contributed by atoms with Crippen LogP contribution in [0.5, 0.6) is 5.75 Å². The molecular weight excluding hydrogens is 315 g/mol. The molecule has 0 saturated heterocycles. The Labute approximate surface area is 136 Å². The summed E-state index contributed by atoms with van der Waals surface area (Å²) in [6, 6.07) is 16.6. The standard InChI is InChI=1S/C17H21O5P/c1-2-22-23(19,20)13-17(18)15-9-6-10-16(11-15)21-12-14-7-4-3-5-8-14/h3-11,17-18H,2,12-13H2,1H3,(H,19,20)/t17-/m1/s1. The van der Waals surface area contributed by atoms with Crippen LogP contribution in [0.25, 0.3) is 0 Å². The third kappa shape index (κ3) is 5.81. The molecule has 23 heavy (non-hydrogen) atoms. The zero-order chi connectivity index (χ0) is 16.7. The first kappa shape index (κ1) is 17.7. The average molecular weight is 336 g/mol. The molecule has 2 aromatic carbocycles. The first-order chi connectivity index (χ1) is 11.0. The van der Waals surface area contributed by atoms with E-state index < -0.39 is 13.7 Å². The summed E-state index contributed by atoms with van der Waals surface area (Å²) >= 11 is 0. The topological polar surface area (TPSA) is 76.0 Å². The van der Waals surface area contributed by atoms with Crippen molar-refractivity contribution in [1.82, 2.24) is 0 Å². The lowest BCUT2D eigenvalue weighted by atomic mass is 10.1. The Kier molecular flexibility index (Phi) is 6.37. The van der Waals surface area contributed by atoms with E-state index in [1.807, 2.05) is 30.3 Å². The highest BCUT2D eigenvalue weighted by molar-refractivity contribution is 7.52. The number of rotatable bonds is 8. The van der Waals surface area contributed by atoms with E-state index in [-0.39, 0.29) is 12.8 Å². The first-order valence-electron chi connectivity index (χ1n) is 7.41. The number of aliphatic hydroxyl groups excluding tert-OH is 1. The molecule has 0 aliphatic rings. The lowest BCUT2D eigenvalue weighted by molar-refractivity contribution is 0.184. The molecule has 2 rings (SSSR count). The minimum absolute atomic E-state index is 0.126. The summed E-state index contributed by atoms with van der Waals surface area (Å²) in [7, 11) is -3.78. The number of hydrogen-bond donors (Lipinski definition) is 2. The van der Waals surface area contributed by atoms with Crippen molar-refractivity contribution >= 4 is 7.60 Å². The predicted molar refractivity (Wildman–Crippen MR) is 88.5 cm³/mol. The molecule has 1 unspecified atom stereocenters. The molecule has 0 saturated carbocycles. The quantitative estimate of drug-likeness (QED) is 0.721. The highest BCUT2D eigenvalue weighted by Gasteiger charge is 2.24. The molecule has 0 spiro atoms. The maximum Gasteiger partial charge on any atom is 0.331 e. The Morgan fingerprint density at radius 1 is 1.13 bits per heavy atom. The molecule has 0 aromatic heterocycles. The van der Waals surface area contributed by atoms with E-state index in [9.17, 15) is 14.6 Å². The molecule has 2 aromatic rings. The molecule has 0 heterocycles. The number of aliphatic hydroxyl groups is 1. The zero-order valence-corrected chi connectivity index (χ0v) is 13.9. The second kappa shape index (κ2) is 8.27.